The second kappa shape index (κ2) is 6.75. The molecule has 0 bridgehead atoms. The molecule has 22 heavy (non-hydrogen) atoms. The summed E-state index contributed by atoms with van der Waals surface area (Å²) >= 11 is 5.95. The zero-order valence-electron chi connectivity index (χ0n) is 12.0. The maximum Gasteiger partial charge on any atom is 0.254 e. The lowest BCUT2D eigenvalue weighted by Crippen LogP contribution is -2.44. The van der Waals surface area contributed by atoms with Crippen molar-refractivity contribution in [3.05, 3.63) is 53.4 Å². The van der Waals surface area contributed by atoms with Crippen molar-refractivity contribution in [2.24, 2.45) is 0 Å². The number of hydrogen-bond acceptors (Lipinski definition) is 4. The number of rotatable bonds is 3. The molecule has 1 aliphatic heterocycles. The summed E-state index contributed by atoms with van der Waals surface area (Å²) in [6.07, 6.45) is 6.51. The normalized spacial score (nSPS) is 18.0. The fourth-order valence-corrected chi connectivity index (χ4v) is 2.73. The second-order valence-corrected chi connectivity index (χ2v) is 5.62. The molecule has 0 saturated carbocycles. The molecule has 114 valence electrons. The van der Waals surface area contributed by atoms with Gasteiger partial charge in [0, 0.05) is 29.5 Å². The molecule has 1 saturated heterocycles. The summed E-state index contributed by atoms with van der Waals surface area (Å²) < 4.78 is 5.80. The number of nitrogens with zero attached hydrogens (tertiary/aromatic N) is 3. The summed E-state index contributed by atoms with van der Waals surface area (Å²) in [4.78, 5) is 22.4. The molecule has 2 heterocycles. The van der Waals surface area contributed by atoms with E-state index in [0.717, 1.165) is 19.4 Å². The van der Waals surface area contributed by atoms with Crippen LogP contribution in [0, 0.1) is 0 Å². The van der Waals surface area contributed by atoms with Gasteiger partial charge in [-0.3, -0.25) is 9.78 Å². The van der Waals surface area contributed by atoms with Crippen molar-refractivity contribution in [2.45, 2.75) is 18.9 Å². The first-order valence-corrected chi connectivity index (χ1v) is 7.58. The minimum atomic E-state index is -0.0615. The van der Waals surface area contributed by atoms with Gasteiger partial charge in [0.25, 0.3) is 5.91 Å². The molecule has 0 N–H and O–H groups in total. The highest BCUT2D eigenvalue weighted by molar-refractivity contribution is 6.30. The summed E-state index contributed by atoms with van der Waals surface area (Å²) in [7, 11) is 0. The Labute approximate surface area is 133 Å². The van der Waals surface area contributed by atoms with Crippen molar-refractivity contribution in [2.75, 3.05) is 13.1 Å². The molecule has 3 rings (SSSR count). The third-order valence-corrected chi connectivity index (χ3v) is 3.80. The number of amides is 1. The van der Waals surface area contributed by atoms with Gasteiger partial charge in [-0.1, -0.05) is 17.7 Å². The summed E-state index contributed by atoms with van der Waals surface area (Å²) in [5, 5.41) is 0.565. The van der Waals surface area contributed by atoms with Crippen LogP contribution in [0.3, 0.4) is 0 Å². The van der Waals surface area contributed by atoms with Crippen LogP contribution in [0.25, 0.3) is 0 Å². The maximum absolute atomic E-state index is 12.5. The second-order valence-electron chi connectivity index (χ2n) is 5.19. The highest BCUT2D eigenvalue weighted by Gasteiger charge is 2.26. The number of ether oxygens (including phenoxy) is 1. The maximum atomic E-state index is 12.5. The Morgan fingerprint density at radius 1 is 1.36 bits per heavy atom. The molecule has 5 nitrogen and oxygen atoms in total. The molecule has 0 aliphatic carbocycles. The smallest absolute Gasteiger partial charge is 0.254 e. The van der Waals surface area contributed by atoms with Gasteiger partial charge >= 0.3 is 0 Å². The Bertz CT molecular complexity index is 651. The van der Waals surface area contributed by atoms with E-state index in [1.54, 1.807) is 47.8 Å². The SMILES string of the molecule is O=C(c1cccc(Cl)c1)N1CCCC(Oc2cnccn2)C1. The highest BCUT2D eigenvalue weighted by Crippen LogP contribution is 2.19. The van der Waals surface area contributed by atoms with Crippen molar-refractivity contribution in [1.82, 2.24) is 14.9 Å². The lowest BCUT2D eigenvalue weighted by Gasteiger charge is -2.32. The van der Waals surface area contributed by atoms with Gasteiger partial charge in [-0.05, 0) is 31.0 Å². The number of likely N-dealkylation sites (tertiary alicyclic amines) is 1. The quantitative estimate of drug-likeness (QED) is 0.873. The number of carbonyl (C=O) groups excluding carboxylic acids is 1. The summed E-state index contributed by atoms with van der Waals surface area (Å²) in [6.45, 7) is 1.27. The van der Waals surface area contributed by atoms with Gasteiger partial charge in [-0.25, -0.2) is 4.98 Å². The number of piperidine rings is 1. The van der Waals surface area contributed by atoms with Crippen LogP contribution in [0.2, 0.25) is 5.02 Å². The predicted molar refractivity (Wildman–Crippen MR) is 83.0 cm³/mol. The Morgan fingerprint density at radius 3 is 3.05 bits per heavy atom. The van der Waals surface area contributed by atoms with Gasteiger partial charge in [-0.15, -0.1) is 0 Å². The van der Waals surface area contributed by atoms with E-state index in [0.29, 0.717) is 23.0 Å². The Balaban J connectivity index is 1.66. The van der Waals surface area contributed by atoms with E-state index in [2.05, 4.69) is 9.97 Å². The first kappa shape index (κ1) is 14.8. The van der Waals surface area contributed by atoms with Crippen LogP contribution in [0.15, 0.2) is 42.9 Å². The topological polar surface area (TPSA) is 55.3 Å². The van der Waals surface area contributed by atoms with Crippen LogP contribution in [-0.4, -0.2) is 40.0 Å². The van der Waals surface area contributed by atoms with E-state index < -0.39 is 0 Å². The van der Waals surface area contributed by atoms with Crippen LogP contribution in [-0.2, 0) is 0 Å². The molecule has 1 atom stereocenters. The lowest BCUT2D eigenvalue weighted by molar-refractivity contribution is 0.0527. The van der Waals surface area contributed by atoms with E-state index in [1.165, 1.54) is 0 Å². The standard InChI is InChI=1S/C16H16ClN3O2/c17-13-4-1-3-12(9-13)16(21)20-8-2-5-14(11-20)22-15-10-18-6-7-19-15/h1,3-4,6-7,9-10,14H,2,5,8,11H2. The van der Waals surface area contributed by atoms with Gasteiger partial charge in [0.1, 0.15) is 6.10 Å². The summed E-state index contributed by atoms with van der Waals surface area (Å²) in [5.41, 5.74) is 0.604. The molecule has 0 spiro atoms. The van der Waals surface area contributed by atoms with Gasteiger partial charge in [0.05, 0.1) is 12.7 Å². The molecule has 0 radical (unpaired) electrons. The van der Waals surface area contributed by atoms with Crippen molar-refractivity contribution in [3.63, 3.8) is 0 Å². The lowest BCUT2D eigenvalue weighted by atomic mass is 10.1. The first-order valence-electron chi connectivity index (χ1n) is 7.20. The Kier molecular flexibility index (Phi) is 4.53. The molecule has 1 unspecified atom stereocenters. The molecule has 1 aromatic carbocycles. The summed E-state index contributed by atoms with van der Waals surface area (Å²) in [5.74, 6) is 0.472. The fraction of sp³-hybridized carbons (Fsp3) is 0.312. The first-order chi connectivity index (χ1) is 10.7. The van der Waals surface area contributed by atoms with Crippen molar-refractivity contribution in [3.8, 4) is 5.88 Å². The zero-order chi connectivity index (χ0) is 15.4. The van der Waals surface area contributed by atoms with Crippen LogP contribution >= 0.6 is 11.6 Å². The third-order valence-electron chi connectivity index (χ3n) is 3.56. The Hall–Kier alpha value is -2.14. The van der Waals surface area contributed by atoms with Crippen LogP contribution in [0.4, 0.5) is 0 Å². The summed E-state index contributed by atoms with van der Waals surface area (Å²) in [6, 6.07) is 7.01. The van der Waals surface area contributed by atoms with Crippen LogP contribution < -0.4 is 4.74 Å². The third kappa shape index (κ3) is 3.54. The zero-order valence-corrected chi connectivity index (χ0v) is 12.7. The molecular formula is C16H16ClN3O2. The van der Waals surface area contributed by atoms with Gasteiger partial charge in [-0.2, -0.15) is 0 Å². The van der Waals surface area contributed by atoms with Crippen molar-refractivity contribution >= 4 is 17.5 Å². The Morgan fingerprint density at radius 2 is 2.27 bits per heavy atom. The number of aromatic nitrogens is 2. The molecule has 1 aliphatic rings. The van der Waals surface area contributed by atoms with Gasteiger partial charge in [0.15, 0.2) is 0 Å². The fourth-order valence-electron chi connectivity index (χ4n) is 2.54. The van der Waals surface area contributed by atoms with Crippen LogP contribution in [0.1, 0.15) is 23.2 Å². The predicted octanol–water partition coefficient (Wildman–Crippen LogP) is 2.81. The highest BCUT2D eigenvalue weighted by atomic mass is 35.5. The average Bonchev–Trinajstić information content (AvgIpc) is 2.55. The number of carbonyl (C=O) groups is 1. The minimum absolute atomic E-state index is 0.0186. The average molecular weight is 318 g/mol. The number of benzene rings is 1. The molecule has 1 aromatic heterocycles. The van der Waals surface area contributed by atoms with E-state index in [-0.39, 0.29) is 12.0 Å². The van der Waals surface area contributed by atoms with Gasteiger partial charge in [0.2, 0.25) is 5.88 Å². The monoisotopic (exact) mass is 317 g/mol. The van der Waals surface area contributed by atoms with Crippen molar-refractivity contribution < 1.29 is 9.53 Å². The van der Waals surface area contributed by atoms with Crippen molar-refractivity contribution in [1.29, 1.82) is 0 Å². The number of halogens is 1. The van der Waals surface area contributed by atoms with E-state index in [1.807, 2.05) is 0 Å². The molecule has 1 amide bonds. The number of hydrogen-bond donors (Lipinski definition) is 0. The largest absolute Gasteiger partial charge is 0.471 e. The molecule has 1 fully saturated rings. The van der Waals surface area contributed by atoms with Crippen LogP contribution in [0.5, 0.6) is 5.88 Å². The molecule has 2 aromatic rings. The van der Waals surface area contributed by atoms with Gasteiger partial charge < -0.3 is 9.64 Å². The van der Waals surface area contributed by atoms with E-state index in [9.17, 15) is 4.79 Å². The minimum Gasteiger partial charge on any atom is -0.471 e. The molecular weight excluding hydrogens is 302 g/mol. The van der Waals surface area contributed by atoms with E-state index in [4.69, 9.17) is 16.3 Å². The van der Waals surface area contributed by atoms with E-state index >= 15 is 0 Å². The molecule has 6 heteroatoms.